The molecule has 1 aliphatic rings. The maximum atomic E-state index is 11.1. The number of aromatic amines is 1. The van der Waals surface area contributed by atoms with Crippen LogP contribution in [0.1, 0.15) is 24.2 Å². The highest BCUT2D eigenvalue weighted by molar-refractivity contribution is 5.87. The average molecular weight is 246 g/mol. The van der Waals surface area contributed by atoms with E-state index in [1.54, 1.807) is 12.1 Å². The van der Waals surface area contributed by atoms with Crippen LogP contribution in [0.25, 0.3) is 10.9 Å². The number of hydrogen-bond acceptors (Lipinski definition) is 3. The van der Waals surface area contributed by atoms with Crippen molar-refractivity contribution in [3.63, 3.8) is 0 Å². The smallest absolute Gasteiger partial charge is 0.321 e. The van der Waals surface area contributed by atoms with Crippen molar-refractivity contribution in [2.24, 2.45) is 0 Å². The number of hydrogen-bond donors (Lipinski definition) is 4. The SMILES string of the molecule is C[C@H]1N[C@@H](C(=O)O)Cc2c1[nH]c1ccc(O)cc21. The number of carboxylic acid groups (broad SMARTS) is 1. The van der Waals surface area contributed by atoms with Crippen molar-refractivity contribution in [3.8, 4) is 5.75 Å². The predicted octanol–water partition coefficient (Wildman–Crippen LogP) is 1.53. The summed E-state index contributed by atoms with van der Waals surface area (Å²) >= 11 is 0. The van der Waals surface area contributed by atoms with E-state index in [0.29, 0.717) is 6.42 Å². The third kappa shape index (κ3) is 1.55. The molecule has 0 radical (unpaired) electrons. The van der Waals surface area contributed by atoms with Crippen LogP contribution in [0.15, 0.2) is 18.2 Å². The maximum absolute atomic E-state index is 11.1. The molecular formula is C13H14N2O3. The second-order valence-corrected chi connectivity index (χ2v) is 4.73. The minimum absolute atomic E-state index is 0.0376. The van der Waals surface area contributed by atoms with Gasteiger partial charge in [-0.1, -0.05) is 0 Å². The van der Waals surface area contributed by atoms with Crippen molar-refractivity contribution in [2.75, 3.05) is 0 Å². The van der Waals surface area contributed by atoms with Crippen LogP contribution in [0.2, 0.25) is 0 Å². The molecular weight excluding hydrogens is 232 g/mol. The van der Waals surface area contributed by atoms with Crippen molar-refractivity contribution in [2.45, 2.75) is 25.4 Å². The molecule has 1 aliphatic heterocycles. The molecule has 1 aromatic carbocycles. The fourth-order valence-electron chi connectivity index (χ4n) is 2.65. The summed E-state index contributed by atoms with van der Waals surface area (Å²) in [5.41, 5.74) is 2.92. The van der Waals surface area contributed by atoms with Gasteiger partial charge in [0.25, 0.3) is 0 Å². The maximum Gasteiger partial charge on any atom is 0.321 e. The van der Waals surface area contributed by atoms with Gasteiger partial charge in [-0.2, -0.15) is 0 Å². The molecule has 0 aliphatic carbocycles. The molecule has 5 nitrogen and oxygen atoms in total. The molecule has 0 saturated heterocycles. The van der Waals surface area contributed by atoms with Crippen LogP contribution < -0.4 is 5.32 Å². The zero-order chi connectivity index (χ0) is 12.9. The number of nitrogens with one attached hydrogen (secondary N) is 2. The van der Waals surface area contributed by atoms with E-state index in [4.69, 9.17) is 5.11 Å². The largest absolute Gasteiger partial charge is 0.508 e. The Morgan fingerprint density at radius 2 is 2.22 bits per heavy atom. The molecule has 1 aromatic heterocycles. The molecule has 3 rings (SSSR count). The lowest BCUT2D eigenvalue weighted by molar-refractivity contribution is -0.139. The predicted molar refractivity (Wildman–Crippen MR) is 66.6 cm³/mol. The topological polar surface area (TPSA) is 85.4 Å². The number of rotatable bonds is 1. The van der Waals surface area contributed by atoms with Gasteiger partial charge in [0.2, 0.25) is 0 Å². The van der Waals surface area contributed by atoms with Crippen LogP contribution in [-0.4, -0.2) is 27.2 Å². The van der Waals surface area contributed by atoms with Gasteiger partial charge in [0.05, 0.1) is 0 Å². The third-order valence-corrected chi connectivity index (χ3v) is 3.51. The zero-order valence-corrected chi connectivity index (χ0v) is 9.90. The van der Waals surface area contributed by atoms with Crippen LogP contribution in [-0.2, 0) is 11.2 Å². The van der Waals surface area contributed by atoms with Gasteiger partial charge >= 0.3 is 5.97 Å². The van der Waals surface area contributed by atoms with Crippen LogP contribution >= 0.6 is 0 Å². The summed E-state index contributed by atoms with van der Waals surface area (Å²) in [5, 5.41) is 22.6. The minimum Gasteiger partial charge on any atom is -0.508 e. The molecule has 5 heteroatoms. The molecule has 94 valence electrons. The highest BCUT2D eigenvalue weighted by atomic mass is 16.4. The fraction of sp³-hybridized carbons (Fsp3) is 0.308. The summed E-state index contributed by atoms with van der Waals surface area (Å²) in [7, 11) is 0. The zero-order valence-electron chi connectivity index (χ0n) is 9.90. The quantitative estimate of drug-likeness (QED) is 0.614. The molecule has 18 heavy (non-hydrogen) atoms. The standard InChI is InChI=1S/C13H14N2O3/c1-6-12-9(5-11(14-6)13(17)18)8-4-7(16)2-3-10(8)15-12/h2-4,6,11,14-16H,5H2,1H3,(H,17,18)/t6-,11-/m1/s1. The van der Waals surface area contributed by atoms with Crippen LogP contribution in [0.4, 0.5) is 0 Å². The second-order valence-electron chi connectivity index (χ2n) is 4.73. The Labute approximate surface area is 103 Å². The van der Waals surface area contributed by atoms with Gasteiger partial charge in [0, 0.05) is 29.1 Å². The lowest BCUT2D eigenvalue weighted by atomic mass is 9.94. The normalized spacial score (nSPS) is 22.9. The van der Waals surface area contributed by atoms with E-state index in [9.17, 15) is 9.90 Å². The lowest BCUT2D eigenvalue weighted by Crippen LogP contribution is -2.43. The van der Waals surface area contributed by atoms with E-state index in [-0.39, 0.29) is 11.8 Å². The van der Waals surface area contributed by atoms with Crippen LogP contribution in [0, 0.1) is 0 Å². The number of carboxylic acids is 1. The van der Waals surface area contributed by atoms with Gasteiger partial charge in [-0.25, -0.2) is 0 Å². The van der Waals surface area contributed by atoms with Gasteiger partial charge < -0.3 is 15.2 Å². The summed E-state index contributed by atoms with van der Waals surface area (Å²) in [6.45, 7) is 1.93. The molecule has 0 unspecified atom stereocenters. The van der Waals surface area contributed by atoms with E-state index in [0.717, 1.165) is 22.2 Å². The number of phenolic OH excluding ortho intramolecular Hbond substituents is 1. The summed E-state index contributed by atoms with van der Waals surface area (Å²) < 4.78 is 0. The number of phenols is 1. The Hall–Kier alpha value is -2.01. The number of H-pyrrole nitrogens is 1. The van der Waals surface area contributed by atoms with Crippen molar-refractivity contribution in [3.05, 3.63) is 29.5 Å². The Balaban J connectivity index is 2.18. The Kier molecular flexibility index (Phi) is 2.31. The van der Waals surface area contributed by atoms with E-state index in [2.05, 4.69) is 10.3 Å². The first-order valence-electron chi connectivity index (χ1n) is 5.88. The van der Waals surface area contributed by atoms with E-state index >= 15 is 0 Å². The molecule has 2 atom stereocenters. The highest BCUT2D eigenvalue weighted by Crippen LogP contribution is 2.33. The average Bonchev–Trinajstić information content (AvgIpc) is 2.68. The highest BCUT2D eigenvalue weighted by Gasteiger charge is 2.30. The van der Waals surface area contributed by atoms with Gasteiger partial charge in [-0.3, -0.25) is 10.1 Å². The fourth-order valence-corrected chi connectivity index (χ4v) is 2.65. The number of fused-ring (bicyclic) bond motifs is 3. The lowest BCUT2D eigenvalue weighted by Gasteiger charge is -2.26. The van der Waals surface area contributed by atoms with E-state index in [1.807, 2.05) is 13.0 Å². The van der Waals surface area contributed by atoms with Gasteiger partial charge in [-0.15, -0.1) is 0 Å². The van der Waals surface area contributed by atoms with Crippen molar-refractivity contribution < 1.29 is 15.0 Å². The summed E-state index contributed by atoms with van der Waals surface area (Å²) in [6.07, 6.45) is 0.429. The summed E-state index contributed by atoms with van der Waals surface area (Å²) in [6, 6.07) is 4.50. The van der Waals surface area contributed by atoms with Crippen molar-refractivity contribution >= 4 is 16.9 Å². The number of aromatic nitrogens is 1. The minimum atomic E-state index is -0.845. The number of carbonyl (C=O) groups is 1. The molecule has 0 fully saturated rings. The molecule has 0 spiro atoms. The van der Waals surface area contributed by atoms with Crippen molar-refractivity contribution in [1.29, 1.82) is 0 Å². The summed E-state index contributed by atoms with van der Waals surface area (Å²) in [5.74, 6) is -0.649. The Morgan fingerprint density at radius 3 is 2.94 bits per heavy atom. The monoisotopic (exact) mass is 246 g/mol. The molecule has 0 bridgehead atoms. The number of benzene rings is 1. The molecule has 0 saturated carbocycles. The first kappa shape index (κ1) is 11.1. The van der Waals surface area contributed by atoms with E-state index < -0.39 is 12.0 Å². The first-order valence-corrected chi connectivity index (χ1v) is 5.88. The molecule has 4 N–H and O–H groups in total. The van der Waals surface area contributed by atoms with Crippen molar-refractivity contribution in [1.82, 2.24) is 10.3 Å². The summed E-state index contributed by atoms with van der Waals surface area (Å²) in [4.78, 5) is 14.4. The van der Waals surface area contributed by atoms with Crippen LogP contribution in [0.3, 0.4) is 0 Å². The first-order chi connectivity index (χ1) is 8.56. The third-order valence-electron chi connectivity index (χ3n) is 3.51. The van der Waals surface area contributed by atoms with Crippen LogP contribution in [0.5, 0.6) is 5.75 Å². The second kappa shape index (κ2) is 3.74. The molecule has 2 aromatic rings. The van der Waals surface area contributed by atoms with Gasteiger partial charge in [0.1, 0.15) is 11.8 Å². The Morgan fingerprint density at radius 1 is 1.44 bits per heavy atom. The number of aromatic hydroxyl groups is 1. The molecule has 0 amide bonds. The van der Waals surface area contributed by atoms with Gasteiger partial charge in [-0.05, 0) is 30.7 Å². The molecule has 2 heterocycles. The van der Waals surface area contributed by atoms with E-state index in [1.165, 1.54) is 0 Å². The van der Waals surface area contributed by atoms with Gasteiger partial charge in [0.15, 0.2) is 0 Å². The number of aliphatic carboxylic acids is 1. The Bertz CT molecular complexity index is 632.